The van der Waals surface area contributed by atoms with Crippen molar-refractivity contribution in [3.05, 3.63) is 57.5 Å². The Morgan fingerprint density at radius 2 is 2.00 bits per heavy atom. The van der Waals surface area contributed by atoms with Crippen molar-refractivity contribution in [2.45, 2.75) is 6.61 Å². The highest BCUT2D eigenvalue weighted by Crippen LogP contribution is 2.24. The molecule has 2 aromatic rings. The molecule has 0 radical (unpaired) electrons. The van der Waals surface area contributed by atoms with Gasteiger partial charge in [-0.3, -0.25) is 0 Å². The fourth-order valence-corrected chi connectivity index (χ4v) is 1.97. The van der Waals surface area contributed by atoms with Crippen LogP contribution in [0.15, 0.2) is 46.9 Å². The number of hydrogen-bond donors (Lipinski definition) is 1. The molecule has 0 saturated heterocycles. The van der Waals surface area contributed by atoms with Crippen LogP contribution in [0.3, 0.4) is 0 Å². The van der Waals surface area contributed by atoms with Crippen molar-refractivity contribution in [3.63, 3.8) is 0 Å². The Bertz CT molecular complexity index is 531. The van der Waals surface area contributed by atoms with Crippen LogP contribution in [0, 0.1) is 0 Å². The Labute approximate surface area is 113 Å². The van der Waals surface area contributed by atoms with Crippen molar-refractivity contribution in [2.24, 2.45) is 0 Å². The Hall–Kier alpha value is -1.19. The minimum absolute atomic E-state index is 0.501. The number of benzene rings is 2. The maximum atomic E-state index is 5.83. The highest BCUT2D eigenvalue weighted by molar-refractivity contribution is 9.10. The predicted octanol–water partition coefficient (Wildman–Crippen LogP) is 4.26. The van der Waals surface area contributed by atoms with Crippen molar-refractivity contribution in [1.82, 2.24) is 0 Å². The maximum absolute atomic E-state index is 5.83. The van der Waals surface area contributed by atoms with Crippen LogP contribution in [-0.4, -0.2) is 0 Å². The number of nitrogen functional groups attached to an aromatic ring is 1. The zero-order chi connectivity index (χ0) is 12.3. The quantitative estimate of drug-likeness (QED) is 0.859. The molecular weight excluding hydrogens is 302 g/mol. The first-order valence-electron chi connectivity index (χ1n) is 5.07. The van der Waals surface area contributed by atoms with Crippen molar-refractivity contribution >= 4 is 33.2 Å². The summed E-state index contributed by atoms with van der Waals surface area (Å²) in [6, 6.07) is 13.2. The lowest BCUT2D eigenvalue weighted by molar-refractivity contribution is 0.306. The summed E-state index contributed by atoms with van der Waals surface area (Å²) in [4.78, 5) is 0. The molecule has 0 unspecified atom stereocenters. The van der Waals surface area contributed by atoms with E-state index in [1.54, 1.807) is 18.2 Å². The van der Waals surface area contributed by atoms with Crippen LogP contribution in [0.5, 0.6) is 5.75 Å². The first-order valence-corrected chi connectivity index (χ1v) is 6.24. The van der Waals surface area contributed by atoms with E-state index in [9.17, 15) is 0 Å². The molecule has 0 saturated carbocycles. The fourth-order valence-electron chi connectivity index (χ4n) is 1.41. The third kappa shape index (κ3) is 3.38. The predicted molar refractivity (Wildman–Crippen MR) is 74.3 cm³/mol. The molecule has 0 aliphatic rings. The number of nitrogens with two attached hydrogens (primary N) is 1. The monoisotopic (exact) mass is 311 g/mol. The molecule has 0 aliphatic heterocycles. The molecule has 0 fully saturated rings. The van der Waals surface area contributed by atoms with Crippen LogP contribution in [0.25, 0.3) is 0 Å². The third-order valence-electron chi connectivity index (χ3n) is 2.26. The van der Waals surface area contributed by atoms with Crippen LogP contribution in [0.4, 0.5) is 5.69 Å². The number of ether oxygens (including phenoxy) is 1. The number of anilines is 1. The fraction of sp³-hybridized carbons (Fsp3) is 0.0769. The molecule has 0 heterocycles. The van der Waals surface area contributed by atoms with E-state index in [2.05, 4.69) is 15.9 Å². The first-order chi connectivity index (χ1) is 8.15. The summed E-state index contributed by atoms with van der Waals surface area (Å²) in [6.07, 6.45) is 0. The van der Waals surface area contributed by atoms with E-state index in [4.69, 9.17) is 22.1 Å². The molecule has 2 N–H and O–H groups in total. The van der Waals surface area contributed by atoms with E-state index in [-0.39, 0.29) is 0 Å². The second-order valence-electron chi connectivity index (χ2n) is 3.60. The van der Waals surface area contributed by atoms with Gasteiger partial charge < -0.3 is 10.5 Å². The minimum Gasteiger partial charge on any atom is -0.489 e. The zero-order valence-corrected chi connectivity index (χ0v) is 11.3. The summed E-state index contributed by atoms with van der Waals surface area (Å²) >= 11 is 9.25. The van der Waals surface area contributed by atoms with Gasteiger partial charge in [0.15, 0.2) is 0 Å². The summed E-state index contributed by atoms with van der Waals surface area (Å²) < 4.78 is 6.66. The average Bonchev–Trinajstić information content (AvgIpc) is 2.31. The molecule has 0 spiro atoms. The normalized spacial score (nSPS) is 10.2. The van der Waals surface area contributed by atoms with Gasteiger partial charge in [0.2, 0.25) is 0 Å². The van der Waals surface area contributed by atoms with Crippen LogP contribution < -0.4 is 10.5 Å². The van der Waals surface area contributed by atoms with Crippen LogP contribution in [0.2, 0.25) is 5.02 Å². The lowest BCUT2D eigenvalue weighted by Gasteiger charge is -2.08. The molecule has 2 aromatic carbocycles. The smallest absolute Gasteiger partial charge is 0.121 e. The molecule has 2 nitrogen and oxygen atoms in total. The molecule has 17 heavy (non-hydrogen) atoms. The van der Waals surface area contributed by atoms with Crippen molar-refractivity contribution in [3.8, 4) is 5.75 Å². The van der Waals surface area contributed by atoms with Gasteiger partial charge >= 0.3 is 0 Å². The van der Waals surface area contributed by atoms with Gasteiger partial charge in [-0.05, 0) is 29.8 Å². The van der Waals surface area contributed by atoms with E-state index in [1.165, 1.54) is 0 Å². The molecule has 4 heteroatoms. The largest absolute Gasteiger partial charge is 0.489 e. The van der Waals surface area contributed by atoms with Gasteiger partial charge in [0, 0.05) is 10.5 Å². The second kappa shape index (κ2) is 5.43. The van der Waals surface area contributed by atoms with Crippen molar-refractivity contribution in [2.75, 3.05) is 5.73 Å². The molecule has 0 aliphatic carbocycles. The van der Waals surface area contributed by atoms with Crippen LogP contribution in [-0.2, 0) is 6.61 Å². The highest BCUT2D eigenvalue weighted by atomic mass is 79.9. The molecule has 0 atom stereocenters. The van der Waals surface area contributed by atoms with E-state index in [0.29, 0.717) is 23.1 Å². The molecule has 2 rings (SSSR count). The standard InChI is InChI=1S/C13H11BrClNO/c14-10-3-1-2-9(6-10)8-17-11-4-5-12(15)13(16)7-11/h1-7H,8,16H2. The summed E-state index contributed by atoms with van der Waals surface area (Å²) in [7, 11) is 0. The number of hydrogen-bond acceptors (Lipinski definition) is 2. The maximum Gasteiger partial charge on any atom is 0.121 e. The van der Waals surface area contributed by atoms with Gasteiger partial charge in [0.25, 0.3) is 0 Å². The summed E-state index contributed by atoms with van der Waals surface area (Å²) in [5.41, 5.74) is 7.31. The molecular formula is C13H11BrClNO. The number of rotatable bonds is 3. The minimum atomic E-state index is 0.501. The Morgan fingerprint density at radius 1 is 1.18 bits per heavy atom. The summed E-state index contributed by atoms with van der Waals surface area (Å²) in [5.74, 6) is 0.715. The van der Waals surface area contributed by atoms with E-state index in [0.717, 1.165) is 10.0 Å². The zero-order valence-electron chi connectivity index (χ0n) is 8.99. The SMILES string of the molecule is Nc1cc(OCc2cccc(Br)c2)ccc1Cl. The number of halogens is 2. The van der Waals surface area contributed by atoms with Gasteiger partial charge in [-0.25, -0.2) is 0 Å². The Morgan fingerprint density at radius 3 is 2.71 bits per heavy atom. The summed E-state index contributed by atoms with van der Waals surface area (Å²) in [5, 5.41) is 0.541. The first kappa shape index (κ1) is 12.3. The van der Waals surface area contributed by atoms with Crippen molar-refractivity contribution < 1.29 is 4.74 Å². The lowest BCUT2D eigenvalue weighted by Crippen LogP contribution is -1.96. The van der Waals surface area contributed by atoms with Crippen LogP contribution >= 0.6 is 27.5 Å². The molecule has 88 valence electrons. The van der Waals surface area contributed by atoms with E-state index in [1.807, 2.05) is 24.3 Å². The van der Waals surface area contributed by atoms with Gasteiger partial charge in [-0.15, -0.1) is 0 Å². The van der Waals surface area contributed by atoms with E-state index >= 15 is 0 Å². The van der Waals surface area contributed by atoms with Gasteiger partial charge in [0.1, 0.15) is 12.4 Å². The van der Waals surface area contributed by atoms with E-state index < -0.39 is 0 Å². The summed E-state index contributed by atoms with van der Waals surface area (Å²) in [6.45, 7) is 0.501. The molecule has 0 aromatic heterocycles. The molecule has 0 bridgehead atoms. The molecule has 0 amide bonds. The third-order valence-corrected chi connectivity index (χ3v) is 3.10. The Kier molecular flexibility index (Phi) is 3.92. The Balaban J connectivity index is 2.05. The second-order valence-corrected chi connectivity index (χ2v) is 4.92. The highest BCUT2D eigenvalue weighted by Gasteiger charge is 2.00. The van der Waals surface area contributed by atoms with Gasteiger partial charge in [0.05, 0.1) is 10.7 Å². The average molecular weight is 313 g/mol. The lowest BCUT2D eigenvalue weighted by atomic mass is 10.2. The van der Waals surface area contributed by atoms with Gasteiger partial charge in [-0.1, -0.05) is 39.7 Å². The van der Waals surface area contributed by atoms with Gasteiger partial charge in [-0.2, -0.15) is 0 Å². The van der Waals surface area contributed by atoms with Crippen LogP contribution in [0.1, 0.15) is 5.56 Å². The van der Waals surface area contributed by atoms with Crippen molar-refractivity contribution in [1.29, 1.82) is 0 Å². The topological polar surface area (TPSA) is 35.2 Å².